The first kappa shape index (κ1) is 17.7. The van der Waals surface area contributed by atoms with Gasteiger partial charge in [-0.05, 0) is 30.3 Å². The SMILES string of the molecule is COc1cccc(N2C(=O)c3cccc4c(N5CCOCC5)ccc(c34)C2=O)c1. The lowest BCUT2D eigenvalue weighted by molar-refractivity contribution is 0.0893. The quantitative estimate of drug-likeness (QED) is 0.643. The Bertz CT molecular complexity index is 1110. The first-order valence-corrected chi connectivity index (χ1v) is 9.60. The number of hydrogen-bond acceptors (Lipinski definition) is 5. The van der Waals surface area contributed by atoms with Gasteiger partial charge in [0.15, 0.2) is 0 Å². The molecule has 0 spiro atoms. The molecular formula is C23H20N2O4. The summed E-state index contributed by atoms with van der Waals surface area (Å²) in [6, 6.07) is 16.4. The fourth-order valence-electron chi connectivity index (χ4n) is 4.14. The molecule has 0 aliphatic carbocycles. The monoisotopic (exact) mass is 388 g/mol. The van der Waals surface area contributed by atoms with Crippen molar-refractivity contribution in [1.29, 1.82) is 0 Å². The highest BCUT2D eigenvalue weighted by Gasteiger charge is 2.35. The minimum Gasteiger partial charge on any atom is -0.497 e. The van der Waals surface area contributed by atoms with Crippen molar-refractivity contribution in [2.75, 3.05) is 43.2 Å². The zero-order chi connectivity index (χ0) is 20.0. The molecule has 0 radical (unpaired) electrons. The molecule has 2 amide bonds. The Labute approximate surface area is 168 Å². The highest BCUT2D eigenvalue weighted by atomic mass is 16.5. The molecule has 5 rings (SSSR count). The summed E-state index contributed by atoms with van der Waals surface area (Å²) >= 11 is 0. The maximum atomic E-state index is 13.3. The fourth-order valence-corrected chi connectivity index (χ4v) is 4.14. The van der Waals surface area contributed by atoms with E-state index in [1.807, 2.05) is 24.3 Å². The van der Waals surface area contributed by atoms with Crippen molar-refractivity contribution in [2.45, 2.75) is 0 Å². The number of morpholine rings is 1. The lowest BCUT2D eigenvalue weighted by atomic mass is 9.92. The Kier molecular flexibility index (Phi) is 4.21. The first-order valence-electron chi connectivity index (χ1n) is 9.60. The Morgan fingerprint density at radius 1 is 0.897 bits per heavy atom. The van der Waals surface area contributed by atoms with Crippen LogP contribution in [0.1, 0.15) is 20.7 Å². The third kappa shape index (κ3) is 2.76. The Morgan fingerprint density at radius 2 is 1.62 bits per heavy atom. The molecule has 6 heteroatoms. The molecule has 0 unspecified atom stereocenters. The molecule has 2 aliphatic heterocycles. The molecule has 0 N–H and O–H groups in total. The van der Waals surface area contributed by atoms with Gasteiger partial charge in [0.1, 0.15) is 5.75 Å². The maximum Gasteiger partial charge on any atom is 0.265 e. The standard InChI is InChI=1S/C23H20N2O4/c1-28-16-5-2-4-15(14-16)25-22(26)18-7-3-6-17-20(24-10-12-29-13-11-24)9-8-19(21(17)18)23(25)27/h2-9,14H,10-13H2,1H3. The normalized spacial score (nSPS) is 16.4. The van der Waals surface area contributed by atoms with Crippen LogP contribution in [-0.4, -0.2) is 45.2 Å². The van der Waals surface area contributed by atoms with E-state index in [-0.39, 0.29) is 11.8 Å². The van der Waals surface area contributed by atoms with E-state index < -0.39 is 0 Å². The number of methoxy groups -OCH3 is 1. The maximum absolute atomic E-state index is 13.3. The number of carbonyl (C=O) groups excluding carboxylic acids is 2. The zero-order valence-corrected chi connectivity index (χ0v) is 16.1. The van der Waals surface area contributed by atoms with Gasteiger partial charge >= 0.3 is 0 Å². The second-order valence-electron chi connectivity index (χ2n) is 7.11. The molecule has 2 aliphatic rings. The number of nitrogens with zero attached hydrogens (tertiary/aromatic N) is 2. The number of anilines is 2. The lowest BCUT2D eigenvalue weighted by Crippen LogP contribution is -2.41. The van der Waals surface area contributed by atoms with Gasteiger partial charge in [0.25, 0.3) is 11.8 Å². The summed E-state index contributed by atoms with van der Waals surface area (Å²) in [5.74, 6) is -0.0456. The van der Waals surface area contributed by atoms with E-state index in [1.165, 1.54) is 4.90 Å². The highest BCUT2D eigenvalue weighted by Crippen LogP contribution is 2.38. The molecule has 1 saturated heterocycles. The van der Waals surface area contributed by atoms with Crippen LogP contribution in [0.2, 0.25) is 0 Å². The Balaban J connectivity index is 1.67. The number of ether oxygens (including phenoxy) is 2. The molecular weight excluding hydrogens is 368 g/mol. The van der Waals surface area contributed by atoms with Crippen LogP contribution in [0.15, 0.2) is 54.6 Å². The molecule has 1 fully saturated rings. The second kappa shape index (κ2) is 6.90. The van der Waals surface area contributed by atoms with Gasteiger partial charge in [-0.2, -0.15) is 0 Å². The van der Waals surface area contributed by atoms with Crippen LogP contribution in [0, 0.1) is 0 Å². The second-order valence-corrected chi connectivity index (χ2v) is 7.11. The smallest absolute Gasteiger partial charge is 0.265 e. The third-order valence-electron chi connectivity index (χ3n) is 5.55. The highest BCUT2D eigenvalue weighted by molar-refractivity contribution is 6.36. The van der Waals surface area contributed by atoms with Crippen LogP contribution in [0.25, 0.3) is 10.8 Å². The Hall–Kier alpha value is -3.38. The number of hydrogen-bond donors (Lipinski definition) is 0. The van der Waals surface area contributed by atoms with Crippen LogP contribution in [0.5, 0.6) is 5.75 Å². The van der Waals surface area contributed by atoms with Crippen molar-refractivity contribution in [3.05, 3.63) is 65.7 Å². The summed E-state index contributed by atoms with van der Waals surface area (Å²) < 4.78 is 10.7. The Morgan fingerprint density at radius 3 is 2.38 bits per heavy atom. The minimum absolute atomic E-state index is 0.319. The summed E-state index contributed by atoms with van der Waals surface area (Å²) in [5.41, 5.74) is 2.61. The van der Waals surface area contributed by atoms with E-state index in [0.717, 1.165) is 29.5 Å². The minimum atomic E-state index is -0.319. The number of amides is 2. The van der Waals surface area contributed by atoms with E-state index >= 15 is 0 Å². The third-order valence-corrected chi connectivity index (χ3v) is 5.55. The van der Waals surface area contributed by atoms with Gasteiger partial charge in [0, 0.05) is 46.7 Å². The van der Waals surface area contributed by atoms with Crippen molar-refractivity contribution >= 4 is 34.0 Å². The van der Waals surface area contributed by atoms with Gasteiger partial charge < -0.3 is 14.4 Å². The first-order chi connectivity index (χ1) is 14.2. The van der Waals surface area contributed by atoms with Crippen molar-refractivity contribution in [3.63, 3.8) is 0 Å². The predicted octanol–water partition coefficient (Wildman–Crippen LogP) is 3.49. The largest absolute Gasteiger partial charge is 0.497 e. The fraction of sp³-hybridized carbons (Fsp3) is 0.217. The van der Waals surface area contributed by atoms with Crippen LogP contribution in [0.3, 0.4) is 0 Å². The summed E-state index contributed by atoms with van der Waals surface area (Å²) in [4.78, 5) is 30.1. The predicted molar refractivity (Wildman–Crippen MR) is 111 cm³/mol. The molecule has 3 aromatic carbocycles. The van der Waals surface area contributed by atoms with E-state index in [9.17, 15) is 9.59 Å². The molecule has 2 heterocycles. The molecule has 0 atom stereocenters. The summed E-state index contributed by atoms with van der Waals surface area (Å²) in [6.07, 6.45) is 0. The summed E-state index contributed by atoms with van der Waals surface area (Å²) in [5, 5.41) is 1.65. The molecule has 0 bridgehead atoms. The summed E-state index contributed by atoms with van der Waals surface area (Å²) in [7, 11) is 1.56. The average Bonchev–Trinajstić information content (AvgIpc) is 2.78. The molecule has 0 saturated carbocycles. The number of benzene rings is 3. The zero-order valence-electron chi connectivity index (χ0n) is 16.1. The van der Waals surface area contributed by atoms with Gasteiger partial charge in [-0.15, -0.1) is 0 Å². The number of carbonyl (C=O) groups is 2. The van der Waals surface area contributed by atoms with Crippen LogP contribution < -0.4 is 14.5 Å². The van der Waals surface area contributed by atoms with Gasteiger partial charge in [-0.1, -0.05) is 18.2 Å². The van der Waals surface area contributed by atoms with E-state index in [2.05, 4.69) is 4.90 Å². The number of imide groups is 1. The molecule has 0 aromatic heterocycles. The van der Waals surface area contributed by atoms with Crippen LogP contribution in [-0.2, 0) is 4.74 Å². The van der Waals surface area contributed by atoms with Crippen molar-refractivity contribution in [2.24, 2.45) is 0 Å². The van der Waals surface area contributed by atoms with Crippen LogP contribution >= 0.6 is 0 Å². The topological polar surface area (TPSA) is 59.1 Å². The lowest BCUT2D eigenvalue weighted by Gasteiger charge is -2.32. The average molecular weight is 388 g/mol. The van der Waals surface area contributed by atoms with Gasteiger partial charge in [-0.3, -0.25) is 9.59 Å². The van der Waals surface area contributed by atoms with Crippen molar-refractivity contribution in [1.82, 2.24) is 0 Å². The van der Waals surface area contributed by atoms with E-state index in [1.54, 1.807) is 37.4 Å². The van der Waals surface area contributed by atoms with Crippen LogP contribution in [0.4, 0.5) is 11.4 Å². The van der Waals surface area contributed by atoms with Gasteiger partial charge in [0.05, 0.1) is 26.0 Å². The van der Waals surface area contributed by atoms with Gasteiger partial charge in [0.2, 0.25) is 0 Å². The van der Waals surface area contributed by atoms with Crippen molar-refractivity contribution < 1.29 is 19.1 Å². The van der Waals surface area contributed by atoms with Gasteiger partial charge in [-0.25, -0.2) is 4.90 Å². The van der Waals surface area contributed by atoms with E-state index in [4.69, 9.17) is 9.47 Å². The molecule has 146 valence electrons. The summed E-state index contributed by atoms with van der Waals surface area (Å²) in [6.45, 7) is 2.92. The number of rotatable bonds is 3. The molecule has 6 nitrogen and oxygen atoms in total. The van der Waals surface area contributed by atoms with Crippen molar-refractivity contribution in [3.8, 4) is 5.75 Å². The van der Waals surface area contributed by atoms with E-state index in [0.29, 0.717) is 35.8 Å². The molecule has 29 heavy (non-hydrogen) atoms. The molecule has 3 aromatic rings.